The van der Waals surface area contributed by atoms with Gasteiger partial charge in [0, 0.05) is 0 Å². The second kappa shape index (κ2) is 5.58. The Morgan fingerprint density at radius 1 is 1.35 bits per heavy atom. The van der Waals surface area contributed by atoms with Crippen LogP contribution < -0.4 is 0 Å². The van der Waals surface area contributed by atoms with Crippen molar-refractivity contribution in [2.45, 2.75) is 38.0 Å². The highest BCUT2D eigenvalue weighted by molar-refractivity contribution is 5.13. The van der Waals surface area contributed by atoms with Crippen LogP contribution in [0.5, 0.6) is 0 Å². The van der Waals surface area contributed by atoms with Crippen molar-refractivity contribution in [1.29, 1.82) is 0 Å². The molecule has 0 spiro atoms. The fraction of sp³-hybridized carbons (Fsp3) is 0.538. The number of rotatable bonds is 4. The van der Waals surface area contributed by atoms with E-state index < -0.39 is 24.5 Å². The predicted octanol–water partition coefficient (Wildman–Crippen LogP) is 1.69. The second-order valence-corrected chi connectivity index (χ2v) is 4.32. The molecule has 2 rings (SSSR count). The Morgan fingerprint density at radius 3 is 2.65 bits per heavy atom. The Labute approximate surface area is 100 Å². The fourth-order valence-electron chi connectivity index (χ4n) is 1.92. The molecule has 1 aliphatic heterocycles. The van der Waals surface area contributed by atoms with E-state index in [1.165, 1.54) is 0 Å². The molecule has 1 N–H and O–H groups in total. The Bertz CT molecular complexity index is 344. The van der Waals surface area contributed by atoms with Crippen LogP contribution in [-0.4, -0.2) is 36.2 Å². The molecule has 1 aliphatic rings. The molecule has 0 saturated carbocycles. The first kappa shape index (κ1) is 12.5. The highest BCUT2D eigenvalue weighted by Gasteiger charge is 2.41. The molecule has 0 amide bonds. The minimum Gasteiger partial charge on any atom is -0.387 e. The van der Waals surface area contributed by atoms with E-state index in [0.717, 1.165) is 5.56 Å². The maximum atomic E-state index is 13.3. The summed E-state index contributed by atoms with van der Waals surface area (Å²) in [5.41, 5.74) is 1.05. The van der Waals surface area contributed by atoms with Crippen molar-refractivity contribution in [3.8, 4) is 0 Å². The van der Waals surface area contributed by atoms with E-state index in [-0.39, 0.29) is 6.61 Å². The Kier molecular flexibility index (Phi) is 4.10. The number of alkyl halides is 1. The van der Waals surface area contributed by atoms with E-state index >= 15 is 0 Å². The van der Waals surface area contributed by atoms with E-state index in [9.17, 15) is 9.50 Å². The molecule has 1 unspecified atom stereocenters. The van der Waals surface area contributed by atoms with E-state index in [2.05, 4.69) is 0 Å². The zero-order chi connectivity index (χ0) is 12.3. The van der Waals surface area contributed by atoms with Gasteiger partial charge in [0.25, 0.3) is 0 Å². The SMILES string of the molecule is CC1O[C@H](COCc2ccccc2)[C@H](O)[C@H]1F. The van der Waals surface area contributed by atoms with Crippen LogP contribution in [0.25, 0.3) is 0 Å². The van der Waals surface area contributed by atoms with Gasteiger partial charge in [0.1, 0.15) is 12.2 Å². The molecule has 0 radical (unpaired) electrons. The monoisotopic (exact) mass is 240 g/mol. The maximum Gasteiger partial charge on any atom is 0.154 e. The van der Waals surface area contributed by atoms with Gasteiger partial charge in [0.2, 0.25) is 0 Å². The number of benzene rings is 1. The summed E-state index contributed by atoms with van der Waals surface area (Å²) in [6.45, 7) is 2.27. The number of aliphatic hydroxyl groups excluding tert-OH is 1. The summed E-state index contributed by atoms with van der Waals surface area (Å²) >= 11 is 0. The standard InChI is InChI=1S/C13H17FO3/c1-9-12(14)13(15)11(17-9)8-16-7-10-5-3-2-4-6-10/h2-6,9,11-13,15H,7-8H2,1H3/t9?,11-,12+,13+/m1/s1. The molecule has 94 valence electrons. The van der Waals surface area contributed by atoms with Gasteiger partial charge in [0.15, 0.2) is 6.17 Å². The van der Waals surface area contributed by atoms with Crippen LogP contribution in [0.15, 0.2) is 30.3 Å². The molecule has 1 fully saturated rings. The molecule has 1 heterocycles. The lowest BCUT2D eigenvalue weighted by Crippen LogP contribution is -2.31. The number of hydrogen-bond acceptors (Lipinski definition) is 3. The third-order valence-electron chi connectivity index (χ3n) is 2.94. The second-order valence-electron chi connectivity index (χ2n) is 4.32. The molecular formula is C13H17FO3. The van der Waals surface area contributed by atoms with Gasteiger partial charge in [-0.05, 0) is 12.5 Å². The van der Waals surface area contributed by atoms with Gasteiger partial charge in [-0.15, -0.1) is 0 Å². The molecule has 4 heteroatoms. The molecule has 1 saturated heterocycles. The summed E-state index contributed by atoms with van der Waals surface area (Å²) < 4.78 is 24.0. The van der Waals surface area contributed by atoms with E-state index in [0.29, 0.717) is 6.61 Å². The Morgan fingerprint density at radius 2 is 2.06 bits per heavy atom. The summed E-state index contributed by atoms with van der Waals surface area (Å²) in [5, 5.41) is 9.55. The largest absolute Gasteiger partial charge is 0.387 e. The lowest BCUT2D eigenvalue weighted by molar-refractivity contribution is -0.0447. The molecule has 1 aromatic carbocycles. The minimum absolute atomic E-state index is 0.209. The zero-order valence-electron chi connectivity index (χ0n) is 9.75. The Hall–Kier alpha value is -0.970. The minimum atomic E-state index is -1.32. The van der Waals surface area contributed by atoms with Crippen LogP contribution >= 0.6 is 0 Å². The smallest absolute Gasteiger partial charge is 0.154 e. The first-order valence-corrected chi connectivity index (χ1v) is 5.78. The third-order valence-corrected chi connectivity index (χ3v) is 2.94. The molecule has 17 heavy (non-hydrogen) atoms. The normalized spacial score (nSPS) is 32.9. The average molecular weight is 240 g/mol. The maximum absolute atomic E-state index is 13.3. The molecule has 4 atom stereocenters. The van der Waals surface area contributed by atoms with Crippen molar-refractivity contribution in [2.75, 3.05) is 6.61 Å². The van der Waals surface area contributed by atoms with Gasteiger partial charge in [-0.2, -0.15) is 0 Å². The van der Waals surface area contributed by atoms with Crippen LogP contribution in [0.4, 0.5) is 4.39 Å². The van der Waals surface area contributed by atoms with Gasteiger partial charge in [-0.25, -0.2) is 4.39 Å². The highest BCUT2D eigenvalue weighted by atomic mass is 19.1. The summed E-state index contributed by atoms with van der Waals surface area (Å²) in [4.78, 5) is 0. The van der Waals surface area contributed by atoms with Crippen LogP contribution in [0.3, 0.4) is 0 Å². The quantitative estimate of drug-likeness (QED) is 0.870. The topological polar surface area (TPSA) is 38.7 Å². The zero-order valence-corrected chi connectivity index (χ0v) is 9.75. The number of halogens is 1. The van der Waals surface area contributed by atoms with Gasteiger partial charge in [0.05, 0.1) is 19.3 Å². The molecule has 0 aliphatic carbocycles. The molecule has 3 nitrogen and oxygen atoms in total. The summed E-state index contributed by atoms with van der Waals surface area (Å²) in [5.74, 6) is 0. The molecule has 0 aromatic heterocycles. The van der Waals surface area contributed by atoms with Crippen LogP contribution in [-0.2, 0) is 16.1 Å². The highest BCUT2D eigenvalue weighted by Crippen LogP contribution is 2.24. The predicted molar refractivity (Wildman–Crippen MR) is 61.3 cm³/mol. The van der Waals surface area contributed by atoms with E-state index in [1.807, 2.05) is 30.3 Å². The van der Waals surface area contributed by atoms with Crippen LogP contribution in [0.2, 0.25) is 0 Å². The third kappa shape index (κ3) is 3.03. The summed E-state index contributed by atoms with van der Waals surface area (Å²) in [6, 6.07) is 9.69. The molecule has 0 bridgehead atoms. The van der Waals surface area contributed by atoms with Crippen molar-refractivity contribution in [1.82, 2.24) is 0 Å². The summed E-state index contributed by atoms with van der Waals surface area (Å²) in [6.07, 6.45) is -3.53. The van der Waals surface area contributed by atoms with Gasteiger partial charge in [-0.1, -0.05) is 30.3 Å². The van der Waals surface area contributed by atoms with E-state index in [4.69, 9.17) is 9.47 Å². The van der Waals surface area contributed by atoms with Crippen LogP contribution in [0.1, 0.15) is 12.5 Å². The number of hydrogen-bond donors (Lipinski definition) is 1. The molecule has 1 aromatic rings. The molecular weight excluding hydrogens is 223 g/mol. The van der Waals surface area contributed by atoms with Crippen molar-refractivity contribution in [3.63, 3.8) is 0 Å². The lowest BCUT2D eigenvalue weighted by Gasteiger charge is -2.14. The fourth-order valence-corrected chi connectivity index (χ4v) is 1.92. The van der Waals surface area contributed by atoms with E-state index in [1.54, 1.807) is 6.92 Å². The first-order valence-electron chi connectivity index (χ1n) is 5.78. The van der Waals surface area contributed by atoms with Crippen molar-refractivity contribution >= 4 is 0 Å². The average Bonchev–Trinajstić information content (AvgIpc) is 2.59. The van der Waals surface area contributed by atoms with Crippen molar-refractivity contribution in [2.24, 2.45) is 0 Å². The Balaban J connectivity index is 1.76. The number of ether oxygens (including phenoxy) is 2. The van der Waals surface area contributed by atoms with Crippen LogP contribution in [0, 0.1) is 0 Å². The van der Waals surface area contributed by atoms with Gasteiger partial charge < -0.3 is 14.6 Å². The summed E-state index contributed by atoms with van der Waals surface area (Å²) in [7, 11) is 0. The lowest BCUT2D eigenvalue weighted by atomic mass is 10.1. The van der Waals surface area contributed by atoms with Gasteiger partial charge >= 0.3 is 0 Å². The van der Waals surface area contributed by atoms with Crippen molar-refractivity contribution in [3.05, 3.63) is 35.9 Å². The van der Waals surface area contributed by atoms with Crippen molar-refractivity contribution < 1.29 is 19.0 Å². The number of aliphatic hydroxyl groups is 1. The van der Waals surface area contributed by atoms with Gasteiger partial charge in [-0.3, -0.25) is 0 Å². The first-order chi connectivity index (χ1) is 8.18.